The largest absolute Gasteiger partial charge is 0.455 e. The Kier molecular flexibility index (Phi) is 3.85. The van der Waals surface area contributed by atoms with E-state index in [9.17, 15) is 14.7 Å². The molecule has 0 atom stereocenters. The lowest BCUT2D eigenvalue weighted by molar-refractivity contribution is -0.163. The van der Waals surface area contributed by atoms with Gasteiger partial charge in [0.25, 0.3) is 0 Å². The van der Waals surface area contributed by atoms with Crippen LogP contribution in [-0.2, 0) is 9.53 Å². The first kappa shape index (κ1) is 15.3. The van der Waals surface area contributed by atoms with Gasteiger partial charge < -0.3 is 14.4 Å². The van der Waals surface area contributed by atoms with Gasteiger partial charge in [-0.1, -0.05) is 0 Å². The molecule has 0 saturated heterocycles. The maximum Gasteiger partial charge on any atom is 0.338 e. The number of nitrogens with zero attached hydrogens (tertiary/aromatic N) is 1. The van der Waals surface area contributed by atoms with Crippen LogP contribution in [0.4, 0.5) is 0 Å². The molecule has 0 radical (unpaired) electrons. The molecular weight excluding hydrogens is 282 g/mol. The standard InChI is InChI=1S/C17H23NO4/c1-11-9-14(12(2)18(11)13-5-6-13)15(19)10-22-16(20)17(21)7-3-4-8-17/h9,13,21H,3-8,10H2,1-2H3. The van der Waals surface area contributed by atoms with Gasteiger partial charge in [0.2, 0.25) is 5.78 Å². The Morgan fingerprint density at radius 3 is 2.55 bits per heavy atom. The Morgan fingerprint density at radius 2 is 1.95 bits per heavy atom. The lowest BCUT2D eigenvalue weighted by Crippen LogP contribution is -2.38. The molecule has 5 nitrogen and oxygen atoms in total. The number of esters is 1. The van der Waals surface area contributed by atoms with E-state index < -0.39 is 11.6 Å². The Morgan fingerprint density at radius 1 is 1.32 bits per heavy atom. The van der Waals surface area contributed by atoms with Crippen LogP contribution in [0.5, 0.6) is 0 Å². The molecule has 1 N–H and O–H groups in total. The van der Waals surface area contributed by atoms with Crippen LogP contribution in [0, 0.1) is 13.8 Å². The number of ketones is 1. The summed E-state index contributed by atoms with van der Waals surface area (Å²) in [6.07, 6.45) is 4.81. The molecule has 22 heavy (non-hydrogen) atoms. The minimum absolute atomic E-state index is 0.199. The summed E-state index contributed by atoms with van der Waals surface area (Å²) in [4.78, 5) is 24.3. The van der Waals surface area contributed by atoms with Crippen LogP contribution < -0.4 is 0 Å². The molecule has 5 heteroatoms. The highest BCUT2D eigenvalue weighted by Crippen LogP contribution is 2.38. The number of Topliss-reactive ketones (excluding diaryl/α,β-unsaturated/α-hetero) is 1. The van der Waals surface area contributed by atoms with Gasteiger partial charge in [0.05, 0.1) is 0 Å². The Hall–Kier alpha value is -1.62. The van der Waals surface area contributed by atoms with Crippen molar-refractivity contribution in [3.63, 3.8) is 0 Å². The zero-order valence-corrected chi connectivity index (χ0v) is 13.2. The quantitative estimate of drug-likeness (QED) is 0.670. The van der Waals surface area contributed by atoms with Gasteiger partial charge in [0.1, 0.15) is 0 Å². The summed E-state index contributed by atoms with van der Waals surface area (Å²) in [5.41, 5.74) is 1.26. The van der Waals surface area contributed by atoms with Crippen molar-refractivity contribution in [3.8, 4) is 0 Å². The normalized spacial score (nSPS) is 20.1. The second kappa shape index (κ2) is 5.54. The molecular formula is C17H23NO4. The highest BCUT2D eigenvalue weighted by Gasteiger charge is 2.40. The smallest absolute Gasteiger partial charge is 0.338 e. The van der Waals surface area contributed by atoms with Crippen LogP contribution in [0.1, 0.15) is 66.3 Å². The topological polar surface area (TPSA) is 68.5 Å². The predicted octanol–water partition coefficient (Wildman–Crippen LogP) is 2.47. The van der Waals surface area contributed by atoms with Crippen molar-refractivity contribution in [2.75, 3.05) is 6.61 Å². The van der Waals surface area contributed by atoms with E-state index >= 15 is 0 Å². The molecule has 2 aliphatic rings. The number of aliphatic hydroxyl groups is 1. The van der Waals surface area contributed by atoms with Gasteiger partial charge in [-0.25, -0.2) is 4.79 Å². The second-order valence-electron chi connectivity index (χ2n) is 6.62. The molecule has 0 amide bonds. The van der Waals surface area contributed by atoms with Gasteiger partial charge >= 0.3 is 5.97 Å². The van der Waals surface area contributed by atoms with E-state index in [0.29, 0.717) is 24.4 Å². The first-order valence-corrected chi connectivity index (χ1v) is 8.03. The van der Waals surface area contributed by atoms with Crippen molar-refractivity contribution in [1.82, 2.24) is 4.57 Å². The van der Waals surface area contributed by atoms with E-state index in [4.69, 9.17) is 4.74 Å². The van der Waals surface area contributed by atoms with Crippen molar-refractivity contribution in [3.05, 3.63) is 23.0 Å². The van der Waals surface area contributed by atoms with Gasteiger partial charge in [-0.2, -0.15) is 0 Å². The minimum atomic E-state index is -1.38. The number of hydrogen-bond acceptors (Lipinski definition) is 4. The van der Waals surface area contributed by atoms with E-state index in [-0.39, 0.29) is 12.4 Å². The molecule has 2 aliphatic carbocycles. The molecule has 2 fully saturated rings. The summed E-state index contributed by atoms with van der Waals surface area (Å²) in [6.45, 7) is 3.64. The number of aromatic nitrogens is 1. The minimum Gasteiger partial charge on any atom is -0.455 e. The summed E-state index contributed by atoms with van der Waals surface area (Å²) in [6, 6.07) is 2.39. The van der Waals surface area contributed by atoms with Crippen molar-refractivity contribution in [1.29, 1.82) is 0 Å². The lowest BCUT2D eigenvalue weighted by Gasteiger charge is -2.19. The van der Waals surface area contributed by atoms with Crippen LogP contribution in [0.2, 0.25) is 0 Å². The molecule has 0 aliphatic heterocycles. The fourth-order valence-corrected chi connectivity index (χ4v) is 3.46. The van der Waals surface area contributed by atoms with Crippen LogP contribution in [-0.4, -0.2) is 33.6 Å². The number of carbonyl (C=O) groups excluding carboxylic acids is 2. The third-order valence-electron chi connectivity index (χ3n) is 4.84. The molecule has 120 valence electrons. The summed E-state index contributed by atoms with van der Waals surface area (Å²) in [5, 5.41) is 10.1. The molecule has 1 aromatic heterocycles. The number of ether oxygens (including phenoxy) is 1. The van der Waals surface area contributed by atoms with Gasteiger partial charge in [-0.05, 0) is 58.4 Å². The van der Waals surface area contributed by atoms with Crippen LogP contribution >= 0.6 is 0 Å². The average Bonchev–Trinajstić information content (AvgIpc) is 3.13. The number of aryl methyl sites for hydroxylation is 1. The molecule has 1 aromatic rings. The SMILES string of the molecule is Cc1cc(C(=O)COC(=O)C2(O)CCCC2)c(C)n1C1CC1. The zero-order valence-electron chi connectivity index (χ0n) is 13.2. The molecule has 0 spiro atoms. The highest BCUT2D eigenvalue weighted by atomic mass is 16.6. The van der Waals surface area contributed by atoms with Crippen LogP contribution in [0.15, 0.2) is 6.07 Å². The molecule has 3 rings (SSSR count). The first-order chi connectivity index (χ1) is 10.4. The summed E-state index contributed by atoms with van der Waals surface area (Å²) < 4.78 is 7.27. The van der Waals surface area contributed by atoms with Crippen LogP contribution in [0.25, 0.3) is 0 Å². The predicted molar refractivity (Wildman–Crippen MR) is 80.9 cm³/mol. The lowest BCUT2D eigenvalue weighted by atomic mass is 10.0. The Balaban J connectivity index is 1.65. The summed E-state index contributed by atoms with van der Waals surface area (Å²) in [5.74, 6) is -0.857. The van der Waals surface area contributed by atoms with E-state index in [1.807, 2.05) is 19.9 Å². The van der Waals surface area contributed by atoms with Crippen LogP contribution in [0.3, 0.4) is 0 Å². The molecule has 0 bridgehead atoms. The number of carbonyl (C=O) groups is 2. The van der Waals surface area contributed by atoms with Gasteiger partial charge in [-0.15, -0.1) is 0 Å². The highest BCUT2D eigenvalue weighted by molar-refractivity contribution is 5.99. The van der Waals surface area contributed by atoms with Crippen molar-refractivity contribution >= 4 is 11.8 Å². The molecule has 2 saturated carbocycles. The van der Waals surface area contributed by atoms with Crippen molar-refractivity contribution < 1.29 is 19.4 Å². The Labute approximate surface area is 130 Å². The molecule has 0 unspecified atom stereocenters. The third kappa shape index (κ3) is 2.70. The van der Waals surface area contributed by atoms with Gasteiger partial charge in [0, 0.05) is 23.0 Å². The van der Waals surface area contributed by atoms with Gasteiger partial charge in [-0.3, -0.25) is 4.79 Å². The molecule has 0 aromatic carbocycles. The second-order valence-corrected chi connectivity index (χ2v) is 6.62. The van der Waals surface area contributed by atoms with Crippen molar-refractivity contribution in [2.24, 2.45) is 0 Å². The summed E-state index contributed by atoms with van der Waals surface area (Å²) in [7, 11) is 0. The van der Waals surface area contributed by atoms with E-state index in [2.05, 4.69) is 4.57 Å². The van der Waals surface area contributed by atoms with E-state index in [1.165, 1.54) is 0 Å². The average molecular weight is 305 g/mol. The fraction of sp³-hybridized carbons (Fsp3) is 0.647. The van der Waals surface area contributed by atoms with E-state index in [1.54, 1.807) is 0 Å². The number of hydrogen-bond donors (Lipinski definition) is 1. The van der Waals surface area contributed by atoms with E-state index in [0.717, 1.165) is 37.1 Å². The monoisotopic (exact) mass is 305 g/mol. The Bertz CT molecular complexity index is 606. The fourth-order valence-electron chi connectivity index (χ4n) is 3.46. The number of rotatable bonds is 5. The maximum absolute atomic E-state index is 12.3. The van der Waals surface area contributed by atoms with Crippen molar-refractivity contribution in [2.45, 2.75) is 64.0 Å². The molecule has 1 heterocycles. The summed E-state index contributed by atoms with van der Waals surface area (Å²) >= 11 is 0. The first-order valence-electron chi connectivity index (χ1n) is 8.03. The van der Waals surface area contributed by atoms with Gasteiger partial charge in [0.15, 0.2) is 12.2 Å². The maximum atomic E-state index is 12.3. The zero-order chi connectivity index (χ0) is 15.9. The third-order valence-corrected chi connectivity index (χ3v) is 4.84.